The number of anilines is 2. The first-order valence-electron chi connectivity index (χ1n) is 13.8. The molecule has 1 heterocycles. The predicted octanol–water partition coefficient (Wildman–Crippen LogP) is 6.15. The highest BCUT2D eigenvalue weighted by Crippen LogP contribution is 2.34. The minimum atomic E-state index is -0.412. The lowest BCUT2D eigenvalue weighted by molar-refractivity contribution is -0.116. The lowest BCUT2D eigenvalue weighted by Crippen LogP contribution is -2.41. The molecular formula is C32H37N5O5. The van der Waals surface area contributed by atoms with Crippen LogP contribution in [0.15, 0.2) is 72.8 Å². The molecule has 0 fully saturated rings. The van der Waals surface area contributed by atoms with Crippen molar-refractivity contribution in [1.29, 1.82) is 0 Å². The van der Waals surface area contributed by atoms with E-state index in [1.54, 1.807) is 37.1 Å². The lowest BCUT2D eigenvalue weighted by atomic mass is 10.1. The van der Waals surface area contributed by atoms with Crippen LogP contribution in [-0.2, 0) is 4.79 Å². The second kappa shape index (κ2) is 14.1. The van der Waals surface area contributed by atoms with Gasteiger partial charge in [0.1, 0.15) is 29.6 Å². The predicted molar refractivity (Wildman–Crippen MR) is 164 cm³/mol. The van der Waals surface area contributed by atoms with Crippen LogP contribution in [0.4, 0.5) is 16.3 Å². The van der Waals surface area contributed by atoms with Crippen LogP contribution in [0.1, 0.15) is 25.5 Å². The van der Waals surface area contributed by atoms with Gasteiger partial charge in [0.15, 0.2) is 0 Å². The number of hydrogen-bond acceptors (Lipinski definition) is 6. The zero-order valence-electron chi connectivity index (χ0n) is 24.6. The fourth-order valence-corrected chi connectivity index (χ4v) is 4.55. The number of nitrogens with zero attached hydrogens (tertiary/aromatic N) is 3. The van der Waals surface area contributed by atoms with Crippen LogP contribution in [0.2, 0.25) is 0 Å². The minimum Gasteiger partial charge on any atom is -0.497 e. The summed E-state index contributed by atoms with van der Waals surface area (Å²) in [7, 11) is 4.69. The quantitative estimate of drug-likeness (QED) is 0.211. The number of rotatable bonds is 12. The monoisotopic (exact) mass is 571 g/mol. The van der Waals surface area contributed by atoms with Crippen LogP contribution in [0.3, 0.4) is 0 Å². The lowest BCUT2D eigenvalue weighted by Gasteiger charge is -2.23. The topological polar surface area (TPSA) is 107 Å². The maximum Gasteiger partial charge on any atom is 0.322 e. The Hall–Kier alpha value is -4.99. The highest BCUT2D eigenvalue weighted by molar-refractivity contribution is 5.99. The van der Waals surface area contributed by atoms with Crippen molar-refractivity contribution in [2.24, 2.45) is 0 Å². The minimum absolute atomic E-state index is 0.161. The second-order valence-corrected chi connectivity index (χ2v) is 9.60. The van der Waals surface area contributed by atoms with Crippen molar-refractivity contribution in [3.63, 3.8) is 0 Å². The Balaban J connectivity index is 1.62. The molecule has 2 N–H and O–H groups in total. The molecule has 0 aliphatic rings. The second-order valence-electron chi connectivity index (χ2n) is 9.60. The molecule has 0 saturated heterocycles. The molecule has 4 rings (SSSR count). The van der Waals surface area contributed by atoms with Crippen LogP contribution in [0.25, 0.3) is 16.8 Å². The van der Waals surface area contributed by atoms with E-state index in [0.717, 1.165) is 35.3 Å². The number of carbonyl (C=O) groups excluding carboxylic acids is 2. The van der Waals surface area contributed by atoms with Gasteiger partial charge in [0, 0.05) is 18.2 Å². The van der Waals surface area contributed by atoms with E-state index >= 15 is 0 Å². The largest absolute Gasteiger partial charge is 0.497 e. The Labute approximate surface area is 246 Å². The Morgan fingerprint density at radius 1 is 0.881 bits per heavy atom. The number of ether oxygens (including phenoxy) is 3. The number of aromatic nitrogens is 2. The Bertz CT molecular complexity index is 1500. The number of hydrogen-bond donors (Lipinski definition) is 2. The zero-order valence-corrected chi connectivity index (χ0v) is 24.6. The van der Waals surface area contributed by atoms with Crippen molar-refractivity contribution < 1.29 is 23.8 Å². The molecule has 3 aromatic carbocycles. The first-order chi connectivity index (χ1) is 20.4. The van der Waals surface area contributed by atoms with Gasteiger partial charge in [-0.05, 0) is 55.3 Å². The Morgan fingerprint density at radius 3 is 2.21 bits per heavy atom. The van der Waals surface area contributed by atoms with Gasteiger partial charge in [-0.1, -0.05) is 43.7 Å². The van der Waals surface area contributed by atoms with E-state index in [-0.39, 0.29) is 12.5 Å². The van der Waals surface area contributed by atoms with E-state index in [4.69, 9.17) is 19.3 Å². The van der Waals surface area contributed by atoms with Gasteiger partial charge in [-0.15, -0.1) is 0 Å². The fourth-order valence-electron chi connectivity index (χ4n) is 4.55. The van der Waals surface area contributed by atoms with E-state index < -0.39 is 6.03 Å². The summed E-state index contributed by atoms with van der Waals surface area (Å²) in [5, 5.41) is 10.7. The highest BCUT2D eigenvalue weighted by atomic mass is 16.5. The number of benzene rings is 3. The summed E-state index contributed by atoms with van der Waals surface area (Å²) in [5.41, 5.74) is 3.69. The van der Waals surface area contributed by atoms with E-state index in [0.29, 0.717) is 35.3 Å². The average molecular weight is 572 g/mol. The van der Waals surface area contributed by atoms with E-state index in [1.807, 2.05) is 68.4 Å². The number of urea groups is 1. The number of amides is 3. The molecule has 0 aliphatic carbocycles. The van der Waals surface area contributed by atoms with E-state index in [9.17, 15) is 9.59 Å². The summed E-state index contributed by atoms with van der Waals surface area (Å²) in [5.74, 6) is 1.93. The molecule has 0 radical (unpaired) electrons. The molecule has 0 aliphatic heterocycles. The van der Waals surface area contributed by atoms with Crippen LogP contribution in [0.5, 0.6) is 17.2 Å². The summed E-state index contributed by atoms with van der Waals surface area (Å²) in [6.45, 7) is 4.17. The molecule has 0 unspecified atom stereocenters. The molecule has 3 amide bonds. The molecule has 220 valence electrons. The highest BCUT2D eigenvalue weighted by Gasteiger charge is 2.23. The van der Waals surface area contributed by atoms with Crippen molar-refractivity contribution >= 4 is 23.4 Å². The summed E-state index contributed by atoms with van der Waals surface area (Å²) in [6, 6.07) is 21.9. The molecule has 0 saturated carbocycles. The van der Waals surface area contributed by atoms with Gasteiger partial charge < -0.3 is 29.7 Å². The van der Waals surface area contributed by atoms with Crippen LogP contribution in [0, 0.1) is 6.92 Å². The fraction of sp³-hybridized carbons (Fsp3) is 0.281. The van der Waals surface area contributed by atoms with E-state index in [1.165, 1.54) is 12.0 Å². The van der Waals surface area contributed by atoms with Crippen molar-refractivity contribution in [3.05, 3.63) is 78.5 Å². The van der Waals surface area contributed by atoms with Crippen LogP contribution in [-0.4, -0.2) is 61.0 Å². The summed E-state index contributed by atoms with van der Waals surface area (Å²) >= 11 is 0. The molecule has 0 atom stereocenters. The summed E-state index contributed by atoms with van der Waals surface area (Å²) < 4.78 is 17.7. The molecule has 0 spiro atoms. The van der Waals surface area contributed by atoms with Crippen molar-refractivity contribution in [1.82, 2.24) is 14.7 Å². The number of methoxy groups -OCH3 is 3. The van der Waals surface area contributed by atoms with Crippen LogP contribution >= 0.6 is 0 Å². The maximum absolute atomic E-state index is 13.6. The number of carbonyl (C=O) groups is 2. The van der Waals surface area contributed by atoms with E-state index in [2.05, 4.69) is 10.6 Å². The summed E-state index contributed by atoms with van der Waals surface area (Å²) in [4.78, 5) is 28.5. The molecule has 10 heteroatoms. The normalized spacial score (nSPS) is 10.6. The molecular weight excluding hydrogens is 534 g/mol. The van der Waals surface area contributed by atoms with Gasteiger partial charge in [-0.2, -0.15) is 5.10 Å². The maximum atomic E-state index is 13.6. The smallest absolute Gasteiger partial charge is 0.322 e. The third-order valence-corrected chi connectivity index (χ3v) is 6.75. The first-order valence-corrected chi connectivity index (χ1v) is 13.8. The molecule has 10 nitrogen and oxygen atoms in total. The van der Waals surface area contributed by atoms with Crippen molar-refractivity contribution in [3.8, 4) is 34.1 Å². The SMILES string of the molecule is CCCCN(CC(=O)Nc1c(-c2ccccc2)c(C)nn1-c1ccc(OC)cc1)C(=O)Nc1ccc(OC)cc1OC. The van der Waals surface area contributed by atoms with Gasteiger partial charge >= 0.3 is 6.03 Å². The third-order valence-electron chi connectivity index (χ3n) is 6.75. The number of nitrogens with one attached hydrogen (secondary N) is 2. The van der Waals surface area contributed by atoms with Crippen molar-refractivity contribution in [2.45, 2.75) is 26.7 Å². The van der Waals surface area contributed by atoms with Gasteiger partial charge in [0.25, 0.3) is 0 Å². The van der Waals surface area contributed by atoms with Gasteiger partial charge in [-0.3, -0.25) is 4.79 Å². The molecule has 4 aromatic rings. The molecule has 42 heavy (non-hydrogen) atoms. The van der Waals surface area contributed by atoms with Crippen molar-refractivity contribution in [2.75, 3.05) is 45.1 Å². The average Bonchev–Trinajstić information content (AvgIpc) is 3.34. The molecule has 0 bridgehead atoms. The standard InChI is InChI=1S/C32H37N5O5/c1-6-7-19-36(32(39)33-27-18-17-26(41-4)20-28(27)42-5)21-29(38)34-31-30(23-11-9-8-10-12-23)22(2)35-37(31)24-13-15-25(40-3)16-14-24/h8-18,20H,6-7,19,21H2,1-5H3,(H,33,39)(H,34,38). The Morgan fingerprint density at radius 2 is 1.57 bits per heavy atom. The molecule has 1 aromatic heterocycles. The first kappa shape index (κ1) is 30.0. The summed E-state index contributed by atoms with van der Waals surface area (Å²) in [6.07, 6.45) is 1.59. The van der Waals surface area contributed by atoms with Gasteiger partial charge in [0.2, 0.25) is 5.91 Å². The van der Waals surface area contributed by atoms with Gasteiger partial charge in [-0.25, -0.2) is 9.48 Å². The van der Waals surface area contributed by atoms with Crippen LogP contribution < -0.4 is 24.8 Å². The number of aryl methyl sites for hydroxylation is 1. The third kappa shape index (κ3) is 7.01. The Kier molecular flexibility index (Phi) is 10.0. The zero-order chi connectivity index (χ0) is 30.1. The van der Waals surface area contributed by atoms with Gasteiger partial charge in [0.05, 0.1) is 38.4 Å². The number of unbranched alkanes of at least 4 members (excludes halogenated alkanes) is 1.